The first-order valence-electron chi connectivity index (χ1n) is 7.61. The maximum Gasteiger partial charge on any atom is 0.337 e. The minimum atomic E-state index is -0.378. The van der Waals surface area contributed by atoms with Crippen molar-refractivity contribution in [3.05, 3.63) is 57.0 Å². The van der Waals surface area contributed by atoms with Gasteiger partial charge in [0.15, 0.2) is 5.78 Å². The summed E-state index contributed by atoms with van der Waals surface area (Å²) in [6, 6.07) is 6.89. The second kappa shape index (κ2) is 7.09. The zero-order valence-electron chi connectivity index (χ0n) is 14.5. The second-order valence-electron chi connectivity index (χ2n) is 6.49. The number of esters is 1. The van der Waals surface area contributed by atoms with Crippen LogP contribution in [0.3, 0.4) is 0 Å². The SMILES string of the molecule is COC(=O)c1ccc(C=CC(=O)c2sc(C(C)(C)C)nc2C)cc1. The van der Waals surface area contributed by atoms with Crippen molar-refractivity contribution in [1.29, 1.82) is 0 Å². The summed E-state index contributed by atoms with van der Waals surface area (Å²) in [5, 5.41) is 0.958. The number of thiazole rings is 1. The molecule has 1 aromatic heterocycles. The van der Waals surface area contributed by atoms with Gasteiger partial charge in [0, 0.05) is 5.41 Å². The molecule has 1 aromatic carbocycles. The highest BCUT2D eigenvalue weighted by Crippen LogP contribution is 2.29. The van der Waals surface area contributed by atoms with Crippen molar-refractivity contribution in [2.24, 2.45) is 0 Å². The lowest BCUT2D eigenvalue weighted by molar-refractivity contribution is 0.0600. The van der Waals surface area contributed by atoms with Crippen LogP contribution < -0.4 is 0 Å². The molecule has 0 fully saturated rings. The van der Waals surface area contributed by atoms with Crippen LogP contribution in [0.4, 0.5) is 0 Å². The van der Waals surface area contributed by atoms with Crippen molar-refractivity contribution in [1.82, 2.24) is 4.98 Å². The van der Waals surface area contributed by atoms with E-state index in [2.05, 4.69) is 30.5 Å². The Labute approximate surface area is 146 Å². The van der Waals surface area contributed by atoms with E-state index in [0.717, 1.165) is 16.3 Å². The van der Waals surface area contributed by atoms with Crippen LogP contribution in [0.25, 0.3) is 6.08 Å². The molecule has 4 nitrogen and oxygen atoms in total. The number of allylic oxidation sites excluding steroid dienone is 1. The van der Waals surface area contributed by atoms with Crippen molar-refractivity contribution in [3.8, 4) is 0 Å². The fourth-order valence-corrected chi connectivity index (χ4v) is 3.09. The summed E-state index contributed by atoms with van der Waals surface area (Å²) in [4.78, 5) is 29.0. The first-order valence-corrected chi connectivity index (χ1v) is 8.42. The smallest absolute Gasteiger partial charge is 0.337 e. The Morgan fingerprint density at radius 3 is 2.29 bits per heavy atom. The lowest BCUT2D eigenvalue weighted by Crippen LogP contribution is -2.10. The number of benzene rings is 1. The van der Waals surface area contributed by atoms with E-state index in [0.29, 0.717) is 10.4 Å². The minimum Gasteiger partial charge on any atom is -0.465 e. The van der Waals surface area contributed by atoms with Crippen LogP contribution >= 0.6 is 11.3 Å². The first kappa shape index (κ1) is 18.1. The maximum atomic E-state index is 12.4. The Kier molecular flexibility index (Phi) is 5.34. The molecule has 0 unspecified atom stereocenters. The Morgan fingerprint density at radius 2 is 1.79 bits per heavy atom. The zero-order chi connectivity index (χ0) is 17.9. The number of aryl methyl sites for hydroxylation is 1. The predicted molar refractivity (Wildman–Crippen MR) is 96.7 cm³/mol. The van der Waals surface area contributed by atoms with Crippen LogP contribution in [0.1, 0.15) is 57.1 Å². The lowest BCUT2D eigenvalue weighted by Gasteiger charge is -2.13. The number of carbonyl (C=O) groups excluding carboxylic acids is 2. The predicted octanol–water partition coefficient (Wildman–Crippen LogP) is 4.43. The molecule has 0 spiro atoms. The van der Waals surface area contributed by atoms with Gasteiger partial charge in [-0.1, -0.05) is 39.0 Å². The van der Waals surface area contributed by atoms with Gasteiger partial charge in [-0.15, -0.1) is 11.3 Å². The Bertz CT molecular complexity index is 780. The molecule has 1 heterocycles. The van der Waals surface area contributed by atoms with Gasteiger partial charge in [-0.3, -0.25) is 4.79 Å². The lowest BCUT2D eigenvalue weighted by atomic mass is 9.98. The van der Waals surface area contributed by atoms with E-state index >= 15 is 0 Å². The number of ether oxygens (including phenoxy) is 1. The molecule has 0 saturated carbocycles. The van der Waals surface area contributed by atoms with Gasteiger partial charge >= 0.3 is 5.97 Å². The molecule has 0 atom stereocenters. The molecule has 0 aliphatic carbocycles. The van der Waals surface area contributed by atoms with Gasteiger partial charge in [-0.25, -0.2) is 9.78 Å². The van der Waals surface area contributed by atoms with E-state index in [9.17, 15) is 9.59 Å². The number of nitrogens with zero attached hydrogens (tertiary/aromatic N) is 1. The summed E-state index contributed by atoms with van der Waals surface area (Å²) >= 11 is 1.45. The average Bonchev–Trinajstić information content (AvgIpc) is 2.94. The fourth-order valence-electron chi connectivity index (χ4n) is 2.04. The van der Waals surface area contributed by atoms with Gasteiger partial charge in [0.2, 0.25) is 0 Å². The van der Waals surface area contributed by atoms with E-state index in [1.807, 2.05) is 6.92 Å². The third kappa shape index (κ3) is 4.17. The van der Waals surface area contributed by atoms with E-state index in [4.69, 9.17) is 0 Å². The Hall–Kier alpha value is -2.27. The van der Waals surface area contributed by atoms with Gasteiger partial charge in [0.05, 0.1) is 28.3 Å². The Balaban J connectivity index is 2.16. The van der Waals surface area contributed by atoms with Crippen LogP contribution in [0.2, 0.25) is 0 Å². The number of rotatable bonds is 4. The fraction of sp³-hybridized carbons (Fsp3) is 0.316. The molecule has 0 aliphatic rings. The maximum absolute atomic E-state index is 12.4. The molecule has 0 aliphatic heterocycles. The number of hydrogen-bond donors (Lipinski definition) is 0. The van der Waals surface area contributed by atoms with Gasteiger partial charge in [0.25, 0.3) is 0 Å². The van der Waals surface area contributed by atoms with Crippen molar-refractivity contribution in [2.45, 2.75) is 33.1 Å². The number of ketones is 1. The summed E-state index contributed by atoms with van der Waals surface area (Å²) in [6.45, 7) is 8.10. The summed E-state index contributed by atoms with van der Waals surface area (Å²) < 4.78 is 4.66. The van der Waals surface area contributed by atoms with Crippen molar-refractivity contribution < 1.29 is 14.3 Å². The highest BCUT2D eigenvalue weighted by molar-refractivity contribution is 7.14. The number of carbonyl (C=O) groups is 2. The van der Waals surface area contributed by atoms with Crippen molar-refractivity contribution in [2.75, 3.05) is 7.11 Å². The monoisotopic (exact) mass is 343 g/mol. The second-order valence-corrected chi connectivity index (χ2v) is 7.49. The molecule has 0 radical (unpaired) electrons. The van der Waals surface area contributed by atoms with Gasteiger partial charge in [-0.2, -0.15) is 0 Å². The third-order valence-corrected chi connectivity index (χ3v) is 5.02. The molecule has 2 rings (SSSR count). The first-order chi connectivity index (χ1) is 11.2. The average molecular weight is 343 g/mol. The number of aromatic nitrogens is 1. The summed E-state index contributed by atoms with van der Waals surface area (Å²) in [6.07, 6.45) is 3.28. The van der Waals surface area contributed by atoms with Crippen LogP contribution in [-0.4, -0.2) is 23.8 Å². The largest absolute Gasteiger partial charge is 0.465 e. The summed E-state index contributed by atoms with van der Waals surface area (Å²) in [7, 11) is 1.35. The van der Waals surface area contributed by atoms with Gasteiger partial charge < -0.3 is 4.74 Å². The summed E-state index contributed by atoms with van der Waals surface area (Å²) in [5.74, 6) is -0.436. The van der Waals surface area contributed by atoms with Crippen molar-refractivity contribution in [3.63, 3.8) is 0 Å². The number of hydrogen-bond acceptors (Lipinski definition) is 5. The topological polar surface area (TPSA) is 56.3 Å². The molecule has 126 valence electrons. The molecule has 0 saturated heterocycles. The standard InChI is InChI=1S/C19H21NO3S/c1-12-16(24-18(20-12)19(2,3)4)15(21)11-8-13-6-9-14(10-7-13)17(22)23-5/h6-11H,1-5H3. The molecule has 0 bridgehead atoms. The van der Waals surface area contributed by atoms with Crippen LogP contribution in [0.15, 0.2) is 30.3 Å². The van der Waals surface area contributed by atoms with Crippen LogP contribution in [0, 0.1) is 6.92 Å². The van der Waals surface area contributed by atoms with Crippen molar-refractivity contribution >= 4 is 29.2 Å². The quantitative estimate of drug-likeness (QED) is 0.468. The Morgan fingerprint density at radius 1 is 1.17 bits per heavy atom. The molecule has 24 heavy (non-hydrogen) atoms. The molecular weight excluding hydrogens is 322 g/mol. The zero-order valence-corrected chi connectivity index (χ0v) is 15.4. The van der Waals surface area contributed by atoms with Crippen LogP contribution in [-0.2, 0) is 10.2 Å². The molecule has 0 N–H and O–H groups in total. The van der Waals surface area contributed by atoms with E-state index in [1.54, 1.807) is 36.4 Å². The van der Waals surface area contributed by atoms with Gasteiger partial charge in [0.1, 0.15) is 0 Å². The molecule has 5 heteroatoms. The highest BCUT2D eigenvalue weighted by Gasteiger charge is 2.22. The molecular formula is C19H21NO3S. The van der Waals surface area contributed by atoms with Gasteiger partial charge in [-0.05, 0) is 30.7 Å². The van der Waals surface area contributed by atoms with Crippen LogP contribution in [0.5, 0.6) is 0 Å². The van der Waals surface area contributed by atoms with E-state index in [-0.39, 0.29) is 17.2 Å². The van der Waals surface area contributed by atoms with E-state index < -0.39 is 0 Å². The molecule has 2 aromatic rings. The molecule has 0 amide bonds. The summed E-state index contributed by atoms with van der Waals surface area (Å²) in [5.41, 5.74) is 2.02. The normalized spacial score (nSPS) is 11.7. The highest BCUT2D eigenvalue weighted by atomic mass is 32.1. The number of methoxy groups -OCH3 is 1. The third-order valence-electron chi connectivity index (χ3n) is 3.42. The van der Waals surface area contributed by atoms with E-state index in [1.165, 1.54) is 18.4 Å². The minimum absolute atomic E-state index is 0.0578.